The lowest BCUT2D eigenvalue weighted by Gasteiger charge is -2.37. The van der Waals surface area contributed by atoms with Crippen molar-refractivity contribution >= 4 is 0 Å². The SMILES string of the molecule is COC(C)C(C)N1CCC(N)CC1. The molecule has 2 atom stereocenters. The van der Waals surface area contributed by atoms with Gasteiger partial charge in [0.2, 0.25) is 0 Å². The van der Waals surface area contributed by atoms with Crippen LogP contribution in [0.5, 0.6) is 0 Å². The zero-order valence-electron chi connectivity index (χ0n) is 8.99. The highest BCUT2D eigenvalue weighted by Gasteiger charge is 2.23. The van der Waals surface area contributed by atoms with Gasteiger partial charge in [0.05, 0.1) is 6.10 Å². The third-order valence-electron chi connectivity index (χ3n) is 3.20. The second-order valence-corrected chi connectivity index (χ2v) is 4.05. The predicted octanol–water partition coefficient (Wildman–Crippen LogP) is 0.833. The molecule has 2 unspecified atom stereocenters. The normalized spacial score (nSPS) is 25.8. The Hall–Kier alpha value is -0.120. The zero-order valence-corrected chi connectivity index (χ0v) is 8.99. The first-order chi connectivity index (χ1) is 6.15. The van der Waals surface area contributed by atoms with Crippen LogP contribution in [0.4, 0.5) is 0 Å². The first kappa shape index (κ1) is 11.0. The third-order valence-corrected chi connectivity index (χ3v) is 3.20. The van der Waals surface area contributed by atoms with Crippen LogP contribution < -0.4 is 5.73 Å². The molecule has 0 aromatic carbocycles. The van der Waals surface area contributed by atoms with Crippen molar-refractivity contribution in [3.63, 3.8) is 0 Å². The lowest BCUT2D eigenvalue weighted by molar-refractivity contribution is 0.0235. The van der Waals surface area contributed by atoms with E-state index in [0.29, 0.717) is 18.2 Å². The van der Waals surface area contributed by atoms with Gasteiger partial charge in [0, 0.05) is 19.2 Å². The first-order valence-corrected chi connectivity index (χ1v) is 5.17. The van der Waals surface area contributed by atoms with E-state index >= 15 is 0 Å². The number of likely N-dealkylation sites (tertiary alicyclic amines) is 1. The van der Waals surface area contributed by atoms with Gasteiger partial charge in [0.25, 0.3) is 0 Å². The summed E-state index contributed by atoms with van der Waals surface area (Å²) in [6.45, 7) is 6.59. The van der Waals surface area contributed by atoms with Crippen LogP contribution in [0.2, 0.25) is 0 Å². The molecule has 1 saturated heterocycles. The summed E-state index contributed by atoms with van der Waals surface area (Å²) >= 11 is 0. The number of rotatable bonds is 3. The molecule has 0 spiro atoms. The molecule has 0 saturated carbocycles. The van der Waals surface area contributed by atoms with Crippen LogP contribution in [-0.2, 0) is 4.74 Å². The van der Waals surface area contributed by atoms with Crippen LogP contribution in [-0.4, -0.2) is 43.3 Å². The molecule has 1 rings (SSSR count). The van der Waals surface area contributed by atoms with Gasteiger partial charge in [-0.2, -0.15) is 0 Å². The molecule has 0 aromatic rings. The quantitative estimate of drug-likeness (QED) is 0.709. The Labute approximate surface area is 81.2 Å². The second-order valence-electron chi connectivity index (χ2n) is 4.05. The minimum Gasteiger partial charge on any atom is -0.380 e. The van der Waals surface area contributed by atoms with E-state index in [9.17, 15) is 0 Å². The Kier molecular flexibility index (Phi) is 4.16. The molecule has 1 fully saturated rings. The fourth-order valence-electron chi connectivity index (χ4n) is 1.82. The van der Waals surface area contributed by atoms with Gasteiger partial charge in [-0.25, -0.2) is 0 Å². The summed E-state index contributed by atoms with van der Waals surface area (Å²) in [4.78, 5) is 2.47. The molecule has 13 heavy (non-hydrogen) atoms. The third kappa shape index (κ3) is 2.93. The molecular weight excluding hydrogens is 164 g/mol. The molecule has 0 radical (unpaired) electrons. The van der Waals surface area contributed by atoms with Gasteiger partial charge in [0.1, 0.15) is 0 Å². The van der Waals surface area contributed by atoms with Gasteiger partial charge in [-0.05, 0) is 39.8 Å². The molecular formula is C10H22N2O. The van der Waals surface area contributed by atoms with E-state index in [0.717, 1.165) is 25.9 Å². The highest BCUT2D eigenvalue weighted by Crippen LogP contribution is 2.14. The highest BCUT2D eigenvalue weighted by molar-refractivity contribution is 4.80. The standard InChI is InChI=1S/C10H22N2O/c1-8(9(2)13-3)12-6-4-10(11)5-7-12/h8-10H,4-7,11H2,1-3H3. The Morgan fingerprint density at radius 1 is 1.31 bits per heavy atom. The predicted molar refractivity (Wildman–Crippen MR) is 54.7 cm³/mol. The van der Waals surface area contributed by atoms with Crippen molar-refractivity contribution in [2.75, 3.05) is 20.2 Å². The van der Waals surface area contributed by atoms with Crippen LogP contribution in [0, 0.1) is 0 Å². The van der Waals surface area contributed by atoms with Gasteiger partial charge in [-0.15, -0.1) is 0 Å². The molecule has 0 aromatic heterocycles. The Morgan fingerprint density at radius 3 is 2.31 bits per heavy atom. The molecule has 3 nitrogen and oxygen atoms in total. The largest absolute Gasteiger partial charge is 0.380 e. The number of piperidine rings is 1. The maximum atomic E-state index is 5.85. The van der Waals surface area contributed by atoms with Crippen LogP contribution in [0.15, 0.2) is 0 Å². The summed E-state index contributed by atoms with van der Waals surface area (Å²) in [5.41, 5.74) is 5.85. The molecule has 1 heterocycles. The molecule has 0 aliphatic carbocycles. The van der Waals surface area contributed by atoms with Gasteiger partial charge < -0.3 is 10.5 Å². The number of nitrogens with two attached hydrogens (primary N) is 1. The number of methoxy groups -OCH3 is 1. The summed E-state index contributed by atoms with van der Waals surface area (Å²) in [6.07, 6.45) is 2.57. The van der Waals surface area contributed by atoms with Crippen LogP contribution in [0.3, 0.4) is 0 Å². The number of ether oxygens (including phenoxy) is 1. The topological polar surface area (TPSA) is 38.5 Å². The fraction of sp³-hybridized carbons (Fsp3) is 1.00. The van der Waals surface area contributed by atoms with E-state index in [1.54, 1.807) is 7.11 Å². The van der Waals surface area contributed by atoms with E-state index < -0.39 is 0 Å². The average molecular weight is 186 g/mol. The van der Waals surface area contributed by atoms with Gasteiger partial charge >= 0.3 is 0 Å². The smallest absolute Gasteiger partial charge is 0.0695 e. The summed E-state index contributed by atoms with van der Waals surface area (Å²) < 4.78 is 5.32. The van der Waals surface area contributed by atoms with Crippen molar-refractivity contribution in [2.45, 2.75) is 44.9 Å². The van der Waals surface area contributed by atoms with E-state index in [2.05, 4.69) is 18.7 Å². The molecule has 1 aliphatic rings. The fourth-order valence-corrected chi connectivity index (χ4v) is 1.82. The van der Waals surface area contributed by atoms with Crippen molar-refractivity contribution < 1.29 is 4.74 Å². The molecule has 3 heteroatoms. The Balaban J connectivity index is 2.35. The first-order valence-electron chi connectivity index (χ1n) is 5.17. The minimum atomic E-state index is 0.314. The molecule has 0 amide bonds. The van der Waals surface area contributed by atoms with Gasteiger partial charge in [-0.1, -0.05) is 0 Å². The maximum absolute atomic E-state index is 5.85. The van der Waals surface area contributed by atoms with E-state index in [-0.39, 0.29) is 0 Å². The summed E-state index contributed by atoms with van der Waals surface area (Å²) in [5, 5.41) is 0. The number of nitrogens with zero attached hydrogens (tertiary/aromatic N) is 1. The number of hydrogen-bond acceptors (Lipinski definition) is 3. The van der Waals surface area contributed by atoms with Crippen molar-refractivity contribution in [3.05, 3.63) is 0 Å². The molecule has 0 bridgehead atoms. The van der Waals surface area contributed by atoms with Crippen LogP contribution in [0.25, 0.3) is 0 Å². The average Bonchev–Trinajstić information content (AvgIpc) is 2.17. The van der Waals surface area contributed by atoms with E-state index in [4.69, 9.17) is 10.5 Å². The Bertz CT molecular complexity index is 144. The maximum Gasteiger partial charge on any atom is 0.0695 e. The molecule has 78 valence electrons. The highest BCUT2D eigenvalue weighted by atomic mass is 16.5. The zero-order chi connectivity index (χ0) is 9.84. The summed E-state index contributed by atoms with van der Waals surface area (Å²) in [7, 11) is 1.77. The lowest BCUT2D eigenvalue weighted by Crippen LogP contribution is -2.48. The monoisotopic (exact) mass is 186 g/mol. The minimum absolute atomic E-state index is 0.314. The van der Waals surface area contributed by atoms with Crippen LogP contribution in [0.1, 0.15) is 26.7 Å². The molecule has 1 aliphatic heterocycles. The second kappa shape index (κ2) is 4.94. The van der Waals surface area contributed by atoms with Crippen molar-refractivity contribution in [1.29, 1.82) is 0 Å². The van der Waals surface area contributed by atoms with Crippen molar-refractivity contribution in [3.8, 4) is 0 Å². The van der Waals surface area contributed by atoms with Gasteiger partial charge in [-0.3, -0.25) is 4.90 Å². The number of hydrogen-bond donors (Lipinski definition) is 1. The van der Waals surface area contributed by atoms with Crippen LogP contribution >= 0.6 is 0 Å². The summed E-state index contributed by atoms with van der Waals surface area (Å²) in [5.74, 6) is 0. The van der Waals surface area contributed by atoms with E-state index in [1.807, 2.05) is 0 Å². The lowest BCUT2D eigenvalue weighted by atomic mass is 10.0. The Morgan fingerprint density at radius 2 is 1.85 bits per heavy atom. The van der Waals surface area contributed by atoms with Gasteiger partial charge in [0.15, 0.2) is 0 Å². The summed E-state index contributed by atoms with van der Waals surface area (Å²) in [6, 6.07) is 0.929. The van der Waals surface area contributed by atoms with Crippen molar-refractivity contribution in [2.24, 2.45) is 5.73 Å². The van der Waals surface area contributed by atoms with Crippen molar-refractivity contribution in [1.82, 2.24) is 4.90 Å². The molecule has 2 N–H and O–H groups in total. The van der Waals surface area contributed by atoms with E-state index in [1.165, 1.54) is 0 Å².